The summed E-state index contributed by atoms with van der Waals surface area (Å²) in [5.74, 6) is 0.712. The van der Waals surface area contributed by atoms with Crippen molar-refractivity contribution in [2.75, 3.05) is 53.4 Å². The predicted molar refractivity (Wildman–Crippen MR) is 91.2 cm³/mol. The lowest BCUT2D eigenvalue weighted by molar-refractivity contribution is 0.283. The first kappa shape index (κ1) is 17.0. The monoisotopic (exact) mass is 381 g/mol. The van der Waals surface area contributed by atoms with Crippen LogP contribution in [0.15, 0.2) is 4.99 Å². The fourth-order valence-electron chi connectivity index (χ4n) is 2.39. The van der Waals surface area contributed by atoms with Gasteiger partial charge in [-0.2, -0.15) is 0 Å². The quantitative estimate of drug-likeness (QED) is 0.442. The molecule has 112 valence electrons. The third kappa shape index (κ3) is 5.83. The van der Waals surface area contributed by atoms with Crippen LogP contribution in [0.5, 0.6) is 0 Å². The summed E-state index contributed by atoms with van der Waals surface area (Å²) in [5.41, 5.74) is 5.98. The van der Waals surface area contributed by atoms with E-state index >= 15 is 0 Å². The maximum absolute atomic E-state index is 5.98. The molecule has 0 aromatic carbocycles. The van der Waals surface area contributed by atoms with Crippen LogP contribution in [0.25, 0.3) is 0 Å². The van der Waals surface area contributed by atoms with Gasteiger partial charge >= 0.3 is 0 Å². The van der Waals surface area contributed by atoms with Crippen LogP contribution >= 0.6 is 24.0 Å². The highest BCUT2D eigenvalue weighted by Crippen LogP contribution is 2.24. The second kappa shape index (κ2) is 8.26. The van der Waals surface area contributed by atoms with Gasteiger partial charge in [-0.1, -0.05) is 0 Å². The summed E-state index contributed by atoms with van der Waals surface area (Å²) in [5, 5.41) is 0. The van der Waals surface area contributed by atoms with Gasteiger partial charge in [0.05, 0.1) is 6.54 Å². The Morgan fingerprint density at radius 2 is 2.00 bits per heavy atom. The van der Waals surface area contributed by atoms with Gasteiger partial charge < -0.3 is 20.4 Å². The summed E-state index contributed by atoms with van der Waals surface area (Å²) in [4.78, 5) is 11.5. The van der Waals surface area contributed by atoms with Crippen molar-refractivity contribution in [3.8, 4) is 0 Å². The molecule has 2 aliphatic rings. The topological polar surface area (TPSA) is 48.1 Å². The lowest BCUT2D eigenvalue weighted by atomic mass is 10.4. The van der Waals surface area contributed by atoms with Crippen molar-refractivity contribution in [1.82, 2.24) is 14.7 Å². The van der Waals surface area contributed by atoms with Crippen molar-refractivity contribution in [1.29, 1.82) is 0 Å². The molecule has 0 bridgehead atoms. The smallest absolute Gasteiger partial charge is 0.191 e. The molecule has 0 spiro atoms. The number of rotatable bonds is 4. The molecule has 0 radical (unpaired) electrons. The average molecular weight is 381 g/mol. The number of hydrogen-bond acceptors (Lipinski definition) is 3. The maximum Gasteiger partial charge on any atom is 0.191 e. The summed E-state index contributed by atoms with van der Waals surface area (Å²) in [6, 6.07) is 0.653. The van der Waals surface area contributed by atoms with Crippen molar-refractivity contribution in [3.63, 3.8) is 0 Å². The third-order valence-corrected chi connectivity index (χ3v) is 3.96. The summed E-state index contributed by atoms with van der Waals surface area (Å²) in [6.07, 6.45) is 3.80. The summed E-state index contributed by atoms with van der Waals surface area (Å²) < 4.78 is 0. The van der Waals surface area contributed by atoms with E-state index in [1.165, 1.54) is 38.9 Å². The van der Waals surface area contributed by atoms with E-state index in [0.29, 0.717) is 12.0 Å². The zero-order valence-corrected chi connectivity index (χ0v) is 14.5. The lowest BCUT2D eigenvalue weighted by Crippen LogP contribution is -2.37. The summed E-state index contributed by atoms with van der Waals surface area (Å²) >= 11 is 0. The molecule has 6 heteroatoms. The van der Waals surface area contributed by atoms with Gasteiger partial charge in [-0.3, -0.25) is 4.99 Å². The first-order chi connectivity index (χ1) is 8.66. The van der Waals surface area contributed by atoms with Gasteiger partial charge in [-0.15, -0.1) is 24.0 Å². The van der Waals surface area contributed by atoms with Gasteiger partial charge in [0.15, 0.2) is 5.96 Å². The first-order valence-electron chi connectivity index (χ1n) is 7.10. The van der Waals surface area contributed by atoms with Crippen molar-refractivity contribution >= 4 is 29.9 Å². The van der Waals surface area contributed by atoms with E-state index in [0.717, 1.165) is 19.6 Å². The zero-order chi connectivity index (χ0) is 13.0. The van der Waals surface area contributed by atoms with Crippen molar-refractivity contribution in [3.05, 3.63) is 0 Å². The highest BCUT2D eigenvalue weighted by atomic mass is 127. The Kier molecular flexibility index (Phi) is 7.38. The molecule has 1 saturated carbocycles. The van der Waals surface area contributed by atoms with Gasteiger partial charge in [-0.05, 0) is 39.4 Å². The van der Waals surface area contributed by atoms with Crippen LogP contribution in [0.2, 0.25) is 0 Å². The lowest BCUT2D eigenvalue weighted by Gasteiger charge is -2.20. The Morgan fingerprint density at radius 3 is 2.68 bits per heavy atom. The average Bonchev–Trinajstić information content (AvgIpc) is 3.17. The number of likely N-dealkylation sites (N-methyl/N-ethyl adjacent to an activating group) is 1. The van der Waals surface area contributed by atoms with Crippen LogP contribution < -0.4 is 5.73 Å². The van der Waals surface area contributed by atoms with E-state index in [4.69, 9.17) is 5.73 Å². The molecule has 19 heavy (non-hydrogen) atoms. The first-order valence-corrected chi connectivity index (χ1v) is 7.10. The van der Waals surface area contributed by atoms with Gasteiger partial charge in [0.1, 0.15) is 0 Å². The molecule has 1 aliphatic carbocycles. The van der Waals surface area contributed by atoms with Gasteiger partial charge in [-0.25, -0.2) is 0 Å². The van der Waals surface area contributed by atoms with E-state index in [2.05, 4.69) is 33.8 Å². The molecule has 1 aliphatic heterocycles. The van der Waals surface area contributed by atoms with E-state index in [-0.39, 0.29) is 24.0 Å². The zero-order valence-electron chi connectivity index (χ0n) is 12.2. The summed E-state index contributed by atoms with van der Waals surface area (Å²) in [6.45, 7) is 6.59. The standard InChI is InChI=1S/C13H27N5.HI/c1-16-7-3-8-18(11-10-16)9-6-15-13(14)17(2)12-4-5-12;/h12H,3-11H2,1-2H3,(H2,14,15);1H. The van der Waals surface area contributed by atoms with Gasteiger partial charge in [0, 0.05) is 32.7 Å². The number of halogens is 1. The van der Waals surface area contributed by atoms with E-state index in [1.807, 2.05) is 0 Å². The minimum absolute atomic E-state index is 0. The molecule has 0 aromatic heterocycles. The number of nitrogens with zero attached hydrogens (tertiary/aromatic N) is 4. The second-order valence-electron chi connectivity index (χ2n) is 5.58. The second-order valence-corrected chi connectivity index (χ2v) is 5.58. The van der Waals surface area contributed by atoms with Crippen molar-refractivity contribution < 1.29 is 0 Å². The molecular weight excluding hydrogens is 353 g/mol. The van der Waals surface area contributed by atoms with Crippen molar-refractivity contribution in [2.45, 2.75) is 25.3 Å². The molecule has 5 nitrogen and oxygen atoms in total. The number of aliphatic imine (C=N–C) groups is 1. The van der Waals surface area contributed by atoms with E-state index < -0.39 is 0 Å². The van der Waals surface area contributed by atoms with Crippen LogP contribution in [-0.2, 0) is 0 Å². The maximum atomic E-state index is 5.98. The largest absolute Gasteiger partial charge is 0.370 e. The van der Waals surface area contributed by atoms with Crippen molar-refractivity contribution in [2.24, 2.45) is 10.7 Å². The Labute approximate surface area is 134 Å². The fraction of sp³-hybridized carbons (Fsp3) is 0.923. The Hall–Kier alpha value is -0.0800. The normalized spacial score (nSPS) is 22.7. The van der Waals surface area contributed by atoms with Gasteiger partial charge in [0.2, 0.25) is 0 Å². The fourth-order valence-corrected chi connectivity index (χ4v) is 2.39. The van der Waals surface area contributed by atoms with E-state index in [1.54, 1.807) is 0 Å². The molecular formula is C13H28IN5. The molecule has 2 fully saturated rings. The number of nitrogens with two attached hydrogens (primary N) is 1. The molecule has 0 unspecified atom stereocenters. The highest BCUT2D eigenvalue weighted by Gasteiger charge is 2.27. The summed E-state index contributed by atoms with van der Waals surface area (Å²) in [7, 11) is 4.25. The van der Waals surface area contributed by atoms with E-state index in [9.17, 15) is 0 Å². The Balaban J connectivity index is 0.00000180. The van der Waals surface area contributed by atoms with Crippen LogP contribution in [0.1, 0.15) is 19.3 Å². The predicted octanol–water partition coefficient (Wildman–Crippen LogP) is 0.651. The van der Waals surface area contributed by atoms with Crippen LogP contribution in [-0.4, -0.2) is 80.1 Å². The highest BCUT2D eigenvalue weighted by molar-refractivity contribution is 14.0. The molecule has 1 heterocycles. The number of hydrogen-bond donors (Lipinski definition) is 1. The minimum atomic E-state index is 0. The molecule has 2 rings (SSSR count). The van der Waals surface area contributed by atoms with Crippen LogP contribution in [0.3, 0.4) is 0 Å². The Bertz CT molecular complexity index is 293. The molecule has 0 amide bonds. The number of guanidine groups is 1. The minimum Gasteiger partial charge on any atom is -0.370 e. The SMILES string of the molecule is CN1CCCN(CCN=C(N)N(C)C2CC2)CC1.I. The van der Waals surface area contributed by atoms with Crippen LogP contribution in [0.4, 0.5) is 0 Å². The van der Waals surface area contributed by atoms with Gasteiger partial charge in [0.25, 0.3) is 0 Å². The molecule has 2 N–H and O–H groups in total. The third-order valence-electron chi connectivity index (χ3n) is 3.96. The molecule has 1 saturated heterocycles. The molecule has 0 aromatic rings. The molecule has 0 atom stereocenters. The van der Waals surface area contributed by atoms with Crippen LogP contribution in [0, 0.1) is 0 Å². The Morgan fingerprint density at radius 1 is 1.26 bits per heavy atom.